The van der Waals surface area contributed by atoms with E-state index in [9.17, 15) is 4.79 Å². The fraction of sp³-hybridized carbons (Fsp3) is 0.588. The number of hydrogen-bond acceptors (Lipinski definition) is 8. The maximum Gasteiger partial charge on any atom is 0.348 e. The Morgan fingerprint density at radius 2 is 2.04 bits per heavy atom. The molecule has 1 aliphatic heterocycles. The molecule has 0 saturated carbocycles. The van der Waals surface area contributed by atoms with E-state index in [2.05, 4.69) is 28.7 Å². The van der Waals surface area contributed by atoms with Crippen LogP contribution >= 0.6 is 11.3 Å². The molecule has 2 unspecified atom stereocenters. The molecule has 0 radical (unpaired) electrons. The number of esters is 1. The molecular formula is C17H24N4O3S. The topological polar surface area (TPSA) is 90.6 Å². The van der Waals surface area contributed by atoms with Gasteiger partial charge in [0.25, 0.3) is 0 Å². The van der Waals surface area contributed by atoms with Gasteiger partial charge in [-0.2, -0.15) is 0 Å². The van der Waals surface area contributed by atoms with Crippen molar-refractivity contribution in [2.24, 2.45) is 0 Å². The minimum atomic E-state index is -0.334. The van der Waals surface area contributed by atoms with Gasteiger partial charge in [0.2, 0.25) is 0 Å². The second kappa shape index (κ2) is 7.23. The number of nitrogen functional groups attached to an aromatic ring is 1. The van der Waals surface area contributed by atoms with Gasteiger partial charge >= 0.3 is 5.97 Å². The zero-order valence-corrected chi connectivity index (χ0v) is 15.9. The second-order valence-corrected chi connectivity index (χ2v) is 7.43. The van der Waals surface area contributed by atoms with Gasteiger partial charge in [0.1, 0.15) is 21.3 Å². The largest absolute Gasteiger partial charge is 0.462 e. The predicted octanol–water partition coefficient (Wildman–Crippen LogP) is 2.37. The van der Waals surface area contributed by atoms with Crippen LogP contribution in [0.3, 0.4) is 0 Å². The normalized spacial score (nSPS) is 21.6. The highest BCUT2D eigenvalue weighted by atomic mass is 32.1. The average Bonchev–Trinajstić information content (AvgIpc) is 2.83. The summed E-state index contributed by atoms with van der Waals surface area (Å²) in [7, 11) is 0. The Balaban J connectivity index is 1.89. The summed E-state index contributed by atoms with van der Waals surface area (Å²) in [6, 6.07) is 0. The minimum Gasteiger partial charge on any atom is -0.462 e. The Kier molecular flexibility index (Phi) is 5.21. The number of fused-ring (bicyclic) bond motifs is 1. The number of thiophene rings is 1. The fourth-order valence-corrected chi connectivity index (χ4v) is 4.39. The van der Waals surface area contributed by atoms with Crippen LogP contribution in [0.25, 0.3) is 10.2 Å². The lowest BCUT2D eigenvalue weighted by molar-refractivity contribution is -0.0710. The molecule has 2 N–H and O–H groups in total. The fourth-order valence-electron chi connectivity index (χ4n) is 3.29. The van der Waals surface area contributed by atoms with Crippen molar-refractivity contribution < 1.29 is 14.3 Å². The van der Waals surface area contributed by atoms with Crippen LogP contribution in [-0.4, -0.2) is 52.7 Å². The van der Waals surface area contributed by atoms with Gasteiger partial charge in [-0.15, -0.1) is 11.3 Å². The van der Waals surface area contributed by atoms with Crippen LogP contribution in [0.1, 0.15) is 41.8 Å². The van der Waals surface area contributed by atoms with Crippen molar-refractivity contribution in [1.29, 1.82) is 0 Å². The van der Waals surface area contributed by atoms with E-state index < -0.39 is 0 Å². The average molecular weight is 364 g/mol. The summed E-state index contributed by atoms with van der Waals surface area (Å²) in [6.07, 6.45) is 0.369. The molecular weight excluding hydrogens is 340 g/mol. The third kappa shape index (κ3) is 3.75. The molecule has 136 valence electrons. The van der Waals surface area contributed by atoms with E-state index >= 15 is 0 Å². The van der Waals surface area contributed by atoms with Crippen molar-refractivity contribution in [2.45, 2.75) is 46.4 Å². The second-order valence-electron chi connectivity index (χ2n) is 6.43. The number of hydrogen-bond donors (Lipinski definition) is 1. The molecule has 3 heterocycles. The predicted molar refractivity (Wildman–Crippen MR) is 97.8 cm³/mol. The molecule has 0 aliphatic carbocycles. The Morgan fingerprint density at radius 3 is 2.68 bits per heavy atom. The van der Waals surface area contributed by atoms with E-state index in [0.717, 1.165) is 28.9 Å². The molecule has 2 aromatic heterocycles. The quantitative estimate of drug-likeness (QED) is 0.833. The Labute approximate surface area is 151 Å². The van der Waals surface area contributed by atoms with E-state index in [0.29, 0.717) is 29.7 Å². The summed E-state index contributed by atoms with van der Waals surface area (Å²) < 4.78 is 10.9. The van der Waals surface area contributed by atoms with E-state index in [-0.39, 0.29) is 18.2 Å². The van der Waals surface area contributed by atoms with Gasteiger partial charge in [-0.25, -0.2) is 14.8 Å². The number of carbonyl (C=O) groups excluding carboxylic acids is 1. The van der Waals surface area contributed by atoms with Gasteiger partial charge in [0, 0.05) is 13.1 Å². The maximum atomic E-state index is 12.1. The van der Waals surface area contributed by atoms with E-state index in [1.165, 1.54) is 11.3 Å². The SMILES string of the molecule is CCOC(=O)c1sc2nc(CN3CC(C)OC(C)C3)nc(N)c2c1C. The summed E-state index contributed by atoms with van der Waals surface area (Å²) in [5.41, 5.74) is 6.95. The molecule has 0 bridgehead atoms. The van der Waals surface area contributed by atoms with Crippen LogP contribution in [0.15, 0.2) is 0 Å². The zero-order valence-electron chi connectivity index (χ0n) is 15.0. The summed E-state index contributed by atoms with van der Waals surface area (Å²) in [4.78, 5) is 24.8. The standard InChI is InChI=1S/C17H24N4O3S/c1-5-23-17(22)14-11(4)13-15(18)19-12(20-16(13)25-14)8-21-6-9(2)24-10(3)7-21/h9-10H,5-8H2,1-4H3,(H2,18,19,20). The molecule has 8 heteroatoms. The minimum absolute atomic E-state index is 0.184. The van der Waals surface area contributed by atoms with Gasteiger partial charge < -0.3 is 15.2 Å². The van der Waals surface area contributed by atoms with Crippen molar-refractivity contribution in [3.05, 3.63) is 16.3 Å². The van der Waals surface area contributed by atoms with Crippen LogP contribution in [0.5, 0.6) is 0 Å². The first-order valence-corrected chi connectivity index (χ1v) is 9.31. The molecule has 0 amide bonds. The van der Waals surface area contributed by atoms with Gasteiger partial charge in [-0.05, 0) is 33.3 Å². The highest BCUT2D eigenvalue weighted by Crippen LogP contribution is 2.33. The third-order valence-corrected chi connectivity index (χ3v) is 5.35. The number of nitrogens with zero attached hydrogens (tertiary/aromatic N) is 3. The third-order valence-electron chi connectivity index (χ3n) is 4.19. The summed E-state index contributed by atoms with van der Waals surface area (Å²) in [5.74, 6) is 0.751. The first kappa shape index (κ1) is 18.0. The number of morpholine rings is 1. The molecule has 2 aromatic rings. The maximum absolute atomic E-state index is 12.1. The van der Waals surface area contributed by atoms with Crippen molar-refractivity contribution >= 4 is 33.3 Å². The number of aromatic nitrogens is 2. The highest BCUT2D eigenvalue weighted by molar-refractivity contribution is 7.20. The lowest BCUT2D eigenvalue weighted by Gasteiger charge is -2.34. The molecule has 2 atom stereocenters. The molecule has 7 nitrogen and oxygen atoms in total. The number of anilines is 1. The summed E-state index contributed by atoms with van der Waals surface area (Å²) in [5, 5.41) is 0.750. The Bertz CT molecular complexity index is 782. The number of carbonyl (C=O) groups is 1. The smallest absolute Gasteiger partial charge is 0.348 e. The monoisotopic (exact) mass is 364 g/mol. The van der Waals surface area contributed by atoms with Crippen molar-refractivity contribution in [3.63, 3.8) is 0 Å². The number of rotatable bonds is 4. The number of nitrogens with two attached hydrogens (primary N) is 1. The highest BCUT2D eigenvalue weighted by Gasteiger charge is 2.24. The molecule has 25 heavy (non-hydrogen) atoms. The van der Waals surface area contributed by atoms with Crippen LogP contribution in [0, 0.1) is 6.92 Å². The van der Waals surface area contributed by atoms with Crippen LogP contribution in [0.2, 0.25) is 0 Å². The van der Waals surface area contributed by atoms with Gasteiger partial charge in [-0.3, -0.25) is 4.90 Å². The molecule has 3 rings (SSSR count). The van der Waals surface area contributed by atoms with E-state index in [4.69, 9.17) is 15.2 Å². The molecule has 1 saturated heterocycles. The Morgan fingerprint density at radius 1 is 1.36 bits per heavy atom. The van der Waals surface area contributed by atoms with Gasteiger partial charge in [-0.1, -0.05) is 0 Å². The first-order valence-electron chi connectivity index (χ1n) is 8.49. The van der Waals surface area contributed by atoms with Crippen LogP contribution in [-0.2, 0) is 16.0 Å². The first-order chi connectivity index (χ1) is 11.9. The lowest BCUT2D eigenvalue weighted by Crippen LogP contribution is -2.45. The molecule has 1 aliphatic rings. The number of ether oxygens (including phenoxy) is 2. The van der Waals surface area contributed by atoms with Crippen LogP contribution in [0.4, 0.5) is 5.82 Å². The van der Waals surface area contributed by atoms with E-state index in [1.54, 1.807) is 6.92 Å². The van der Waals surface area contributed by atoms with Crippen LogP contribution < -0.4 is 5.73 Å². The molecule has 1 fully saturated rings. The van der Waals surface area contributed by atoms with Crippen molar-refractivity contribution in [2.75, 3.05) is 25.4 Å². The zero-order chi connectivity index (χ0) is 18.1. The van der Waals surface area contributed by atoms with Crippen molar-refractivity contribution in [1.82, 2.24) is 14.9 Å². The Hall–Kier alpha value is -1.77. The number of aryl methyl sites for hydroxylation is 1. The summed E-state index contributed by atoms with van der Waals surface area (Å²) in [6.45, 7) is 10.4. The molecule has 0 spiro atoms. The van der Waals surface area contributed by atoms with Crippen molar-refractivity contribution in [3.8, 4) is 0 Å². The molecule has 0 aromatic carbocycles. The van der Waals surface area contributed by atoms with Gasteiger partial charge in [0.05, 0.1) is 30.7 Å². The lowest BCUT2D eigenvalue weighted by atomic mass is 10.2. The van der Waals surface area contributed by atoms with E-state index in [1.807, 2.05) is 6.92 Å². The van der Waals surface area contributed by atoms with Gasteiger partial charge in [0.15, 0.2) is 0 Å². The summed E-state index contributed by atoms with van der Waals surface area (Å²) >= 11 is 1.31.